The standard InChI is InChI=1S/C11H20N2O/c12-6-5-9(8-3-4-8)10-2-1-7-13-11(10)14/h8-10H,1-7,12H2,(H,13,14). The lowest BCUT2D eigenvalue weighted by molar-refractivity contribution is -0.128. The zero-order valence-corrected chi connectivity index (χ0v) is 8.67. The zero-order valence-electron chi connectivity index (χ0n) is 8.67. The molecule has 2 aliphatic rings. The van der Waals surface area contributed by atoms with Gasteiger partial charge in [-0.1, -0.05) is 0 Å². The molecule has 1 heterocycles. The topological polar surface area (TPSA) is 55.1 Å². The fraction of sp³-hybridized carbons (Fsp3) is 0.909. The van der Waals surface area contributed by atoms with Crippen LogP contribution in [-0.4, -0.2) is 19.0 Å². The Hall–Kier alpha value is -0.570. The molecule has 1 saturated heterocycles. The highest BCUT2D eigenvalue weighted by Crippen LogP contribution is 2.43. The maximum absolute atomic E-state index is 11.7. The van der Waals surface area contributed by atoms with Crippen LogP contribution in [0.3, 0.4) is 0 Å². The molecule has 80 valence electrons. The molecule has 3 heteroatoms. The van der Waals surface area contributed by atoms with E-state index in [2.05, 4.69) is 5.32 Å². The number of rotatable bonds is 4. The summed E-state index contributed by atoms with van der Waals surface area (Å²) in [5, 5.41) is 2.97. The van der Waals surface area contributed by atoms with Crippen molar-refractivity contribution in [2.75, 3.05) is 13.1 Å². The highest BCUT2D eigenvalue weighted by molar-refractivity contribution is 5.79. The summed E-state index contributed by atoms with van der Waals surface area (Å²) >= 11 is 0. The minimum Gasteiger partial charge on any atom is -0.356 e. The molecule has 0 bridgehead atoms. The molecule has 2 unspecified atom stereocenters. The van der Waals surface area contributed by atoms with E-state index in [0.717, 1.165) is 38.3 Å². The van der Waals surface area contributed by atoms with E-state index >= 15 is 0 Å². The highest BCUT2D eigenvalue weighted by Gasteiger charge is 2.39. The Kier molecular flexibility index (Phi) is 3.06. The Morgan fingerprint density at radius 2 is 2.21 bits per heavy atom. The van der Waals surface area contributed by atoms with Crippen molar-refractivity contribution in [3.05, 3.63) is 0 Å². The predicted octanol–water partition coefficient (Wildman–Crippen LogP) is 0.888. The molecule has 1 aliphatic heterocycles. The molecule has 0 aromatic heterocycles. The van der Waals surface area contributed by atoms with Gasteiger partial charge in [-0.15, -0.1) is 0 Å². The van der Waals surface area contributed by atoms with E-state index in [0.29, 0.717) is 5.92 Å². The summed E-state index contributed by atoms with van der Waals surface area (Å²) in [4.78, 5) is 11.7. The van der Waals surface area contributed by atoms with Crippen LogP contribution in [0, 0.1) is 17.8 Å². The second kappa shape index (κ2) is 4.30. The summed E-state index contributed by atoms with van der Waals surface area (Å²) in [5.74, 6) is 1.91. The Morgan fingerprint density at radius 3 is 2.79 bits per heavy atom. The molecule has 1 amide bonds. The van der Waals surface area contributed by atoms with Gasteiger partial charge in [0, 0.05) is 12.5 Å². The normalized spacial score (nSPS) is 29.8. The number of hydrogen-bond acceptors (Lipinski definition) is 2. The molecule has 3 N–H and O–H groups in total. The molecule has 1 aliphatic carbocycles. The first-order chi connectivity index (χ1) is 6.83. The van der Waals surface area contributed by atoms with Crippen LogP contribution >= 0.6 is 0 Å². The molecule has 0 spiro atoms. The number of carbonyl (C=O) groups is 1. The van der Waals surface area contributed by atoms with E-state index in [1.807, 2.05) is 0 Å². The summed E-state index contributed by atoms with van der Waals surface area (Å²) in [5.41, 5.74) is 5.62. The van der Waals surface area contributed by atoms with E-state index in [1.54, 1.807) is 0 Å². The van der Waals surface area contributed by atoms with E-state index in [4.69, 9.17) is 5.73 Å². The second-order valence-electron chi connectivity index (χ2n) is 4.62. The Morgan fingerprint density at radius 1 is 1.43 bits per heavy atom. The molecular weight excluding hydrogens is 176 g/mol. The minimum atomic E-state index is 0.264. The second-order valence-corrected chi connectivity index (χ2v) is 4.62. The van der Waals surface area contributed by atoms with Crippen LogP contribution in [0.1, 0.15) is 32.1 Å². The summed E-state index contributed by atoms with van der Waals surface area (Å²) < 4.78 is 0. The summed E-state index contributed by atoms with van der Waals surface area (Å²) in [7, 11) is 0. The maximum atomic E-state index is 11.7. The van der Waals surface area contributed by atoms with Gasteiger partial charge >= 0.3 is 0 Å². The molecule has 0 aromatic carbocycles. The molecule has 2 atom stereocenters. The third-order valence-corrected chi connectivity index (χ3v) is 3.57. The van der Waals surface area contributed by atoms with Crippen molar-refractivity contribution in [1.29, 1.82) is 0 Å². The molecule has 0 radical (unpaired) electrons. The van der Waals surface area contributed by atoms with Gasteiger partial charge in [0.25, 0.3) is 0 Å². The van der Waals surface area contributed by atoms with Crippen LogP contribution in [0.2, 0.25) is 0 Å². The zero-order chi connectivity index (χ0) is 9.97. The van der Waals surface area contributed by atoms with Gasteiger partial charge in [-0.2, -0.15) is 0 Å². The largest absolute Gasteiger partial charge is 0.356 e. The molecule has 1 saturated carbocycles. The first-order valence-corrected chi connectivity index (χ1v) is 5.80. The van der Waals surface area contributed by atoms with E-state index in [-0.39, 0.29) is 11.8 Å². The third-order valence-electron chi connectivity index (χ3n) is 3.57. The van der Waals surface area contributed by atoms with E-state index < -0.39 is 0 Å². The van der Waals surface area contributed by atoms with Crippen LogP contribution in [0.4, 0.5) is 0 Å². The van der Waals surface area contributed by atoms with Gasteiger partial charge in [0.1, 0.15) is 0 Å². The van der Waals surface area contributed by atoms with Crippen molar-refractivity contribution in [3.63, 3.8) is 0 Å². The van der Waals surface area contributed by atoms with Crippen molar-refractivity contribution in [3.8, 4) is 0 Å². The number of nitrogens with two attached hydrogens (primary N) is 1. The van der Waals surface area contributed by atoms with Crippen molar-refractivity contribution >= 4 is 5.91 Å². The monoisotopic (exact) mass is 196 g/mol. The number of nitrogens with one attached hydrogen (secondary N) is 1. The average molecular weight is 196 g/mol. The maximum Gasteiger partial charge on any atom is 0.223 e. The van der Waals surface area contributed by atoms with Gasteiger partial charge in [-0.25, -0.2) is 0 Å². The lowest BCUT2D eigenvalue weighted by Crippen LogP contribution is -2.41. The van der Waals surface area contributed by atoms with Crippen molar-refractivity contribution in [2.24, 2.45) is 23.5 Å². The summed E-state index contributed by atoms with van der Waals surface area (Å²) in [6.07, 6.45) is 5.88. The summed E-state index contributed by atoms with van der Waals surface area (Å²) in [6, 6.07) is 0. The van der Waals surface area contributed by atoms with Crippen LogP contribution < -0.4 is 11.1 Å². The van der Waals surface area contributed by atoms with E-state index in [1.165, 1.54) is 12.8 Å². The Labute approximate surface area is 85.4 Å². The number of amides is 1. The van der Waals surface area contributed by atoms with Crippen LogP contribution in [0.25, 0.3) is 0 Å². The summed E-state index contributed by atoms with van der Waals surface area (Å²) in [6.45, 7) is 1.60. The SMILES string of the molecule is NCCC(C1CC1)C1CCCNC1=O. The fourth-order valence-electron chi connectivity index (χ4n) is 2.69. The van der Waals surface area contributed by atoms with Gasteiger partial charge in [-0.3, -0.25) is 4.79 Å². The first-order valence-electron chi connectivity index (χ1n) is 5.80. The Balaban J connectivity index is 1.96. The number of carbonyl (C=O) groups excluding carboxylic acids is 1. The van der Waals surface area contributed by atoms with Gasteiger partial charge in [0.15, 0.2) is 0 Å². The highest BCUT2D eigenvalue weighted by atomic mass is 16.1. The molecule has 14 heavy (non-hydrogen) atoms. The van der Waals surface area contributed by atoms with Gasteiger partial charge in [-0.05, 0) is 50.5 Å². The van der Waals surface area contributed by atoms with Crippen LogP contribution in [0.15, 0.2) is 0 Å². The van der Waals surface area contributed by atoms with Crippen molar-refractivity contribution in [2.45, 2.75) is 32.1 Å². The third kappa shape index (κ3) is 2.08. The first kappa shape index (κ1) is 9.97. The van der Waals surface area contributed by atoms with Gasteiger partial charge in [0.05, 0.1) is 0 Å². The molecular formula is C11H20N2O. The minimum absolute atomic E-state index is 0.264. The van der Waals surface area contributed by atoms with Crippen LogP contribution in [0.5, 0.6) is 0 Å². The lowest BCUT2D eigenvalue weighted by Gasteiger charge is -2.29. The van der Waals surface area contributed by atoms with E-state index in [9.17, 15) is 4.79 Å². The smallest absolute Gasteiger partial charge is 0.223 e. The molecule has 2 fully saturated rings. The lowest BCUT2D eigenvalue weighted by atomic mass is 9.80. The number of piperidine rings is 1. The number of hydrogen-bond donors (Lipinski definition) is 2. The molecule has 0 aromatic rings. The van der Waals surface area contributed by atoms with Crippen molar-refractivity contribution in [1.82, 2.24) is 5.32 Å². The van der Waals surface area contributed by atoms with Crippen molar-refractivity contribution < 1.29 is 4.79 Å². The van der Waals surface area contributed by atoms with Gasteiger partial charge < -0.3 is 11.1 Å². The predicted molar refractivity (Wildman–Crippen MR) is 55.6 cm³/mol. The average Bonchev–Trinajstić information content (AvgIpc) is 2.99. The molecule has 3 nitrogen and oxygen atoms in total. The Bertz CT molecular complexity index is 213. The van der Waals surface area contributed by atoms with Gasteiger partial charge in [0.2, 0.25) is 5.91 Å². The fourth-order valence-corrected chi connectivity index (χ4v) is 2.69. The quantitative estimate of drug-likeness (QED) is 0.701. The van der Waals surface area contributed by atoms with Crippen LogP contribution in [-0.2, 0) is 4.79 Å². The molecule has 2 rings (SSSR count).